The van der Waals surface area contributed by atoms with Crippen molar-refractivity contribution in [2.24, 2.45) is 13.0 Å². The number of anilines is 1. The summed E-state index contributed by atoms with van der Waals surface area (Å²) in [5.41, 5.74) is 2.04. The highest BCUT2D eigenvalue weighted by Crippen LogP contribution is 2.35. The maximum Gasteiger partial charge on any atom is 0.322 e. The average Bonchev–Trinajstić information content (AvgIpc) is 2.87. The van der Waals surface area contributed by atoms with Gasteiger partial charge in [-0.3, -0.25) is 0 Å². The Kier molecular flexibility index (Phi) is 3.76. The van der Waals surface area contributed by atoms with E-state index in [9.17, 15) is 4.79 Å². The first-order chi connectivity index (χ1) is 11.2. The van der Waals surface area contributed by atoms with Gasteiger partial charge in [0, 0.05) is 37.0 Å². The van der Waals surface area contributed by atoms with E-state index in [0.29, 0.717) is 6.04 Å². The van der Waals surface area contributed by atoms with Gasteiger partial charge in [0.1, 0.15) is 0 Å². The van der Waals surface area contributed by atoms with E-state index < -0.39 is 0 Å². The summed E-state index contributed by atoms with van der Waals surface area (Å²) >= 11 is 0. The number of nitrogens with one attached hydrogen (secondary N) is 1. The fourth-order valence-corrected chi connectivity index (χ4v) is 4.18. The third-order valence-electron chi connectivity index (χ3n) is 5.60. The molecule has 1 N–H and O–H groups in total. The molecule has 2 aliphatic rings. The summed E-state index contributed by atoms with van der Waals surface area (Å²) in [4.78, 5) is 14.7. The Morgan fingerprint density at radius 3 is 2.83 bits per heavy atom. The van der Waals surface area contributed by atoms with Crippen LogP contribution in [0.15, 0.2) is 30.5 Å². The SMILES string of the molecule is Cn1ccc2ccc(NC(=O)N3CC4CCCCCCC43)cc21. The summed E-state index contributed by atoms with van der Waals surface area (Å²) in [5, 5.41) is 4.30. The second-order valence-electron chi connectivity index (χ2n) is 7.10. The van der Waals surface area contributed by atoms with E-state index in [4.69, 9.17) is 0 Å². The molecule has 1 saturated carbocycles. The highest BCUT2D eigenvalue weighted by atomic mass is 16.2. The van der Waals surface area contributed by atoms with Crippen molar-refractivity contribution < 1.29 is 4.79 Å². The van der Waals surface area contributed by atoms with Crippen LogP contribution >= 0.6 is 0 Å². The van der Waals surface area contributed by atoms with Gasteiger partial charge in [-0.2, -0.15) is 0 Å². The van der Waals surface area contributed by atoms with E-state index in [0.717, 1.165) is 23.7 Å². The molecule has 4 nitrogen and oxygen atoms in total. The maximum absolute atomic E-state index is 12.6. The highest BCUT2D eigenvalue weighted by molar-refractivity contribution is 5.93. The molecule has 1 aromatic carbocycles. The van der Waals surface area contributed by atoms with Crippen molar-refractivity contribution in [3.63, 3.8) is 0 Å². The molecule has 1 aromatic heterocycles. The van der Waals surface area contributed by atoms with Crippen LogP contribution in [0.5, 0.6) is 0 Å². The van der Waals surface area contributed by atoms with Gasteiger partial charge in [-0.1, -0.05) is 31.7 Å². The second kappa shape index (κ2) is 5.91. The van der Waals surface area contributed by atoms with Gasteiger partial charge >= 0.3 is 6.03 Å². The van der Waals surface area contributed by atoms with Gasteiger partial charge in [0.25, 0.3) is 0 Å². The fourth-order valence-electron chi connectivity index (χ4n) is 4.18. The molecule has 0 bridgehead atoms. The summed E-state index contributed by atoms with van der Waals surface area (Å²) in [5.74, 6) is 0.733. The summed E-state index contributed by atoms with van der Waals surface area (Å²) in [6, 6.07) is 8.75. The molecule has 2 heterocycles. The number of hydrogen-bond donors (Lipinski definition) is 1. The zero-order chi connectivity index (χ0) is 15.8. The first-order valence-electron chi connectivity index (χ1n) is 8.85. The molecule has 1 aliphatic carbocycles. The molecular formula is C19H25N3O. The van der Waals surface area contributed by atoms with Crippen LogP contribution in [-0.2, 0) is 7.05 Å². The topological polar surface area (TPSA) is 37.3 Å². The molecule has 1 saturated heterocycles. The average molecular weight is 311 g/mol. The minimum atomic E-state index is 0.0698. The molecule has 2 unspecified atom stereocenters. The molecule has 2 aromatic rings. The number of likely N-dealkylation sites (tertiary alicyclic amines) is 1. The predicted octanol–water partition coefficient (Wildman–Crippen LogP) is 4.36. The van der Waals surface area contributed by atoms with Gasteiger partial charge in [0.2, 0.25) is 0 Å². The van der Waals surface area contributed by atoms with Crippen LogP contribution in [0.4, 0.5) is 10.5 Å². The van der Waals surface area contributed by atoms with Crippen LogP contribution in [0.2, 0.25) is 0 Å². The standard InChI is InChI=1S/C19H25N3O/c1-21-11-10-14-8-9-16(12-18(14)21)20-19(23)22-13-15-6-4-2-3-5-7-17(15)22/h8-12,15,17H,2-7,13H2,1H3,(H,20,23). The lowest BCUT2D eigenvalue weighted by Gasteiger charge is -2.49. The van der Waals surface area contributed by atoms with E-state index in [1.807, 2.05) is 24.2 Å². The Morgan fingerprint density at radius 2 is 1.96 bits per heavy atom. The van der Waals surface area contributed by atoms with Crippen LogP contribution in [-0.4, -0.2) is 28.1 Å². The maximum atomic E-state index is 12.6. The Labute approximate surface area is 137 Å². The third kappa shape index (κ3) is 2.71. The molecule has 4 heteroatoms. The monoisotopic (exact) mass is 311 g/mol. The van der Waals surface area contributed by atoms with Gasteiger partial charge in [-0.15, -0.1) is 0 Å². The number of aryl methyl sites for hydroxylation is 1. The van der Waals surface area contributed by atoms with Crippen molar-refractivity contribution in [1.82, 2.24) is 9.47 Å². The molecule has 1 aliphatic heterocycles. The van der Waals surface area contributed by atoms with E-state index in [1.165, 1.54) is 43.9 Å². The Bertz CT molecular complexity index is 720. The molecule has 2 fully saturated rings. The minimum Gasteiger partial charge on any atom is -0.350 e. The number of benzene rings is 1. The lowest BCUT2D eigenvalue weighted by molar-refractivity contribution is 0.0379. The van der Waals surface area contributed by atoms with Crippen molar-refractivity contribution in [3.8, 4) is 0 Å². The molecule has 4 rings (SSSR count). The van der Waals surface area contributed by atoms with Crippen molar-refractivity contribution in [3.05, 3.63) is 30.5 Å². The second-order valence-corrected chi connectivity index (χ2v) is 7.10. The van der Waals surface area contributed by atoms with Gasteiger partial charge < -0.3 is 14.8 Å². The van der Waals surface area contributed by atoms with Crippen molar-refractivity contribution in [2.45, 2.75) is 44.6 Å². The predicted molar refractivity (Wildman–Crippen MR) is 93.6 cm³/mol. The van der Waals surface area contributed by atoms with E-state index in [-0.39, 0.29) is 6.03 Å². The zero-order valence-electron chi connectivity index (χ0n) is 13.8. The third-order valence-corrected chi connectivity index (χ3v) is 5.60. The summed E-state index contributed by atoms with van der Waals surface area (Å²) < 4.78 is 2.08. The lowest BCUT2D eigenvalue weighted by atomic mass is 9.79. The normalized spacial score (nSPS) is 24.5. The van der Waals surface area contributed by atoms with Gasteiger partial charge in [-0.25, -0.2) is 4.79 Å². The van der Waals surface area contributed by atoms with Crippen molar-refractivity contribution in [2.75, 3.05) is 11.9 Å². The van der Waals surface area contributed by atoms with Crippen LogP contribution in [0.1, 0.15) is 38.5 Å². The van der Waals surface area contributed by atoms with Crippen LogP contribution in [0, 0.1) is 5.92 Å². The first kappa shape index (κ1) is 14.6. The summed E-state index contributed by atoms with van der Waals surface area (Å²) in [6.45, 7) is 0.933. The minimum absolute atomic E-state index is 0.0698. The number of fused-ring (bicyclic) bond motifs is 2. The Morgan fingerprint density at radius 1 is 1.13 bits per heavy atom. The number of carbonyl (C=O) groups excluding carboxylic acids is 1. The quantitative estimate of drug-likeness (QED) is 0.834. The van der Waals surface area contributed by atoms with Crippen molar-refractivity contribution >= 4 is 22.6 Å². The number of nitrogens with zero attached hydrogens (tertiary/aromatic N) is 2. The molecule has 2 amide bonds. The smallest absolute Gasteiger partial charge is 0.322 e. The van der Waals surface area contributed by atoms with Crippen molar-refractivity contribution in [1.29, 1.82) is 0 Å². The largest absolute Gasteiger partial charge is 0.350 e. The highest BCUT2D eigenvalue weighted by Gasteiger charge is 2.41. The number of hydrogen-bond acceptors (Lipinski definition) is 1. The van der Waals surface area contributed by atoms with E-state index in [2.05, 4.69) is 28.1 Å². The molecule has 122 valence electrons. The van der Waals surface area contributed by atoms with Gasteiger partial charge in [0.15, 0.2) is 0 Å². The summed E-state index contributed by atoms with van der Waals surface area (Å²) in [7, 11) is 2.03. The van der Waals surface area contributed by atoms with Gasteiger partial charge in [-0.05, 0) is 42.3 Å². The molecule has 0 spiro atoms. The number of amides is 2. The van der Waals surface area contributed by atoms with E-state index >= 15 is 0 Å². The number of carbonyl (C=O) groups is 1. The van der Waals surface area contributed by atoms with Crippen LogP contribution < -0.4 is 5.32 Å². The Balaban J connectivity index is 1.45. The number of aromatic nitrogens is 1. The molecule has 2 atom stereocenters. The zero-order valence-corrected chi connectivity index (χ0v) is 13.8. The fraction of sp³-hybridized carbons (Fsp3) is 0.526. The summed E-state index contributed by atoms with van der Waals surface area (Å²) in [6.07, 6.45) is 9.81. The Hall–Kier alpha value is -1.97. The molecular weight excluding hydrogens is 286 g/mol. The molecule has 0 radical (unpaired) electrons. The first-order valence-corrected chi connectivity index (χ1v) is 8.85. The van der Waals surface area contributed by atoms with Gasteiger partial charge in [0.05, 0.1) is 0 Å². The number of urea groups is 1. The van der Waals surface area contributed by atoms with Crippen LogP contribution in [0.3, 0.4) is 0 Å². The van der Waals surface area contributed by atoms with E-state index in [1.54, 1.807) is 0 Å². The lowest BCUT2D eigenvalue weighted by Crippen LogP contribution is -2.59. The number of rotatable bonds is 1. The van der Waals surface area contributed by atoms with Crippen LogP contribution in [0.25, 0.3) is 10.9 Å². The molecule has 23 heavy (non-hydrogen) atoms.